The highest BCUT2D eigenvalue weighted by Gasteiger charge is 2.36. The minimum absolute atomic E-state index is 0.317. The molecule has 0 spiro atoms. The van der Waals surface area contributed by atoms with Gasteiger partial charge in [-0.3, -0.25) is 0 Å². The van der Waals surface area contributed by atoms with Crippen LogP contribution in [0.4, 0.5) is 0 Å². The molecule has 1 aliphatic heterocycles. The van der Waals surface area contributed by atoms with Gasteiger partial charge in [0.15, 0.2) is 11.5 Å². The van der Waals surface area contributed by atoms with Crippen molar-refractivity contribution in [1.29, 1.82) is 0 Å². The maximum atomic E-state index is 5.84. The van der Waals surface area contributed by atoms with Crippen LogP contribution in [0, 0.1) is 5.41 Å². The predicted octanol–water partition coefficient (Wildman–Crippen LogP) is 2.91. The highest BCUT2D eigenvalue weighted by atomic mass is 32.1. The third-order valence-corrected chi connectivity index (χ3v) is 3.65. The Morgan fingerprint density at radius 2 is 1.55 bits per heavy atom. The van der Waals surface area contributed by atoms with E-state index in [1.807, 2.05) is 10.8 Å². The number of thiophene rings is 1. The van der Waals surface area contributed by atoms with Crippen LogP contribution in [0.1, 0.15) is 0 Å². The Bertz CT molecular complexity index is 402. The normalized spacial score (nSPS) is 16.4. The second-order valence-corrected chi connectivity index (χ2v) is 5.53. The molecule has 1 aromatic rings. The van der Waals surface area contributed by atoms with Crippen LogP contribution in [-0.4, -0.2) is 39.6 Å². The zero-order chi connectivity index (χ0) is 14.3. The van der Waals surface area contributed by atoms with Gasteiger partial charge in [-0.25, -0.2) is 0 Å². The first-order valence-corrected chi connectivity index (χ1v) is 7.43. The molecule has 0 saturated heterocycles. The molecule has 0 radical (unpaired) electrons. The van der Waals surface area contributed by atoms with Crippen LogP contribution >= 0.6 is 11.3 Å². The number of hydrogen-bond acceptors (Lipinski definition) is 5. The zero-order valence-electron chi connectivity index (χ0n) is 11.5. The molecule has 0 fully saturated rings. The Kier molecular flexibility index (Phi) is 5.64. The highest BCUT2D eigenvalue weighted by molar-refractivity contribution is 7.08. The molecule has 1 aliphatic rings. The summed E-state index contributed by atoms with van der Waals surface area (Å²) in [5.74, 6) is 1.59. The van der Waals surface area contributed by atoms with Crippen LogP contribution in [0.3, 0.4) is 0 Å². The number of ether oxygens (including phenoxy) is 4. The van der Waals surface area contributed by atoms with Crippen molar-refractivity contribution in [2.75, 3.05) is 39.6 Å². The summed E-state index contributed by atoms with van der Waals surface area (Å²) < 4.78 is 22.9. The van der Waals surface area contributed by atoms with Gasteiger partial charge in [-0.2, -0.15) is 0 Å². The van der Waals surface area contributed by atoms with Gasteiger partial charge >= 0.3 is 0 Å². The summed E-state index contributed by atoms with van der Waals surface area (Å²) in [5, 5.41) is 3.89. The van der Waals surface area contributed by atoms with Gasteiger partial charge in [0.2, 0.25) is 0 Å². The Morgan fingerprint density at radius 1 is 1.05 bits per heavy atom. The van der Waals surface area contributed by atoms with Crippen molar-refractivity contribution < 1.29 is 18.9 Å². The Morgan fingerprint density at radius 3 is 2.00 bits per heavy atom. The molecule has 20 heavy (non-hydrogen) atoms. The Balaban J connectivity index is 2.00. The van der Waals surface area contributed by atoms with E-state index in [9.17, 15) is 0 Å². The molecular formula is C15H20O4S. The molecule has 0 saturated carbocycles. The fourth-order valence-corrected chi connectivity index (χ4v) is 2.60. The zero-order valence-corrected chi connectivity index (χ0v) is 12.3. The molecule has 0 aliphatic carbocycles. The molecule has 5 heteroatoms. The first-order chi connectivity index (χ1) is 9.79. The lowest BCUT2D eigenvalue weighted by Gasteiger charge is -2.30. The monoisotopic (exact) mass is 296 g/mol. The molecule has 0 aromatic carbocycles. The van der Waals surface area contributed by atoms with E-state index in [2.05, 4.69) is 13.2 Å². The number of fused-ring (bicyclic) bond motifs is 1. The van der Waals surface area contributed by atoms with Crippen LogP contribution in [0.5, 0.6) is 11.5 Å². The molecule has 110 valence electrons. The van der Waals surface area contributed by atoms with Gasteiger partial charge in [-0.1, -0.05) is 12.2 Å². The first kappa shape index (κ1) is 15.1. The maximum Gasteiger partial charge on any atom is 0.171 e. The second-order valence-electron chi connectivity index (χ2n) is 4.79. The van der Waals surface area contributed by atoms with E-state index < -0.39 is 0 Å². The van der Waals surface area contributed by atoms with E-state index in [1.165, 1.54) is 0 Å². The molecule has 1 aromatic heterocycles. The minimum Gasteiger partial charge on any atom is -0.488 e. The largest absolute Gasteiger partial charge is 0.488 e. The SMILES string of the molecule is C=CCOCC1(COCC=C)COc2cscc2OC1. The van der Waals surface area contributed by atoms with Crippen molar-refractivity contribution in [3.05, 3.63) is 36.1 Å². The lowest BCUT2D eigenvalue weighted by Crippen LogP contribution is -2.42. The van der Waals surface area contributed by atoms with Crippen molar-refractivity contribution in [2.45, 2.75) is 0 Å². The third-order valence-electron chi connectivity index (χ3n) is 2.95. The van der Waals surface area contributed by atoms with E-state index in [4.69, 9.17) is 18.9 Å². The summed E-state index contributed by atoms with van der Waals surface area (Å²) in [6, 6.07) is 0. The molecule has 0 bridgehead atoms. The Hall–Kier alpha value is -1.30. The summed E-state index contributed by atoms with van der Waals surface area (Å²) in [6.45, 7) is 10.3. The lowest BCUT2D eigenvalue weighted by molar-refractivity contribution is -0.0495. The molecule has 0 N–H and O–H groups in total. The highest BCUT2D eigenvalue weighted by Crippen LogP contribution is 2.37. The van der Waals surface area contributed by atoms with E-state index in [0.717, 1.165) is 11.5 Å². The van der Waals surface area contributed by atoms with Gasteiger partial charge in [0, 0.05) is 10.8 Å². The van der Waals surface area contributed by atoms with Gasteiger partial charge in [-0.05, 0) is 0 Å². The van der Waals surface area contributed by atoms with E-state index in [0.29, 0.717) is 39.6 Å². The van der Waals surface area contributed by atoms with Crippen molar-refractivity contribution >= 4 is 11.3 Å². The van der Waals surface area contributed by atoms with Crippen molar-refractivity contribution in [3.63, 3.8) is 0 Å². The molecule has 0 amide bonds. The van der Waals surface area contributed by atoms with Crippen molar-refractivity contribution in [3.8, 4) is 11.5 Å². The van der Waals surface area contributed by atoms with Gasteiger partial charge in [0.25, 0.3) is 0 Å². The van der Waals surface area contributed by atoms with Gasteiger partial charge < -0.3 is 18.9 Å². The van der Waals surface area contributed by atoms with Gasteiger partial charge in [0.05, 0.1) is 31.8 Å². The number of rotatable bonds is 8. The van der Waals surface area contributed by atoms with Crippen molar-refractivity contribution in [2.24, 2.45) is 5.41 Å². The quantitative estimate of drug-likeness (QED) is 0.546. The van der Waals surface area contributed by atoms with Crippen LogP contribution in [0.2, 0.25) is 0 Å². The fourth-order valence-electron chi connectivity index (χ4n) is 1.91. The summed E-state index contributed by atoms with van der Waals surface area (Å²) in [6.07, 6.45) is 3.46. The minimum atomic E-state index is -0.317. The molecule has 2 rings (SSSR count). The van der Waals surface area contributed by atoms with E-state index in [-0.39, 0.29) is 5.41 Å². The average Bonchev–Trinajstić information content (AvgIpc) is 2.84. The van der Waals surface area contributed by atoms with Crippen LogP contribution in [0.25, 0.3) is 0 Å². The van der Waals surface area contributed by atoms with Gasteiger partial charge in [0.1, 0.15) is 13.2 Å². The molecule has 0 atom stereocenters. The molecule has 4 nitrogen and oxygen atoms in total. The molecule has 0 unspecified atom stereocenters. The maximum absolute atomic E-state index is 5.84. The summed E-state index contributed by atoms with van der Waals surface area (Å²) >= 11 is 1.57. The smallest absolute Gasteiger partial charge is 0.171 e. The van der Waals surface area contributed by atoms with Crippen LogP contribution in [-0.2, 0) is 9.47 Å². The lowest BCUT2D eigenvalue weighted by atomic mass is 9.92. The summed E-state index contributed by atoms with van der Waals surface area (Å²) in [5.41, 5.74) is -0.317. The summed E-state index contributed by atoms with van der Waals surface area (Å²) in [4.78, 5) is 0. The van der Waals surface area contributed by atoms with E-state index in [1.54, 1.807) is 23.5 Å². The van der Waals surface area contributed by atoms with Crippen LogP contribution in [0.15, 0.2) is 36.1 Å². The third kappa shape index (κ3) is 3.85. The first-order valence-electron chi connectivity index (χ1n) is 6.49. The molecular weight excluding hydrogens is 276 g/mol. The summed E-state index contributed by atoms with van der Waals surface area (Å²) in [7, 11) is 0. The van der Waals surface area contributed by atoms with Crippen LogP contribution < -0.4 is 9.47 Å². The average molecular weight is 296 g/mol. The predicted molar refractivity (Wildman–Crippen MR) is 79.8 cm³/mol. The fraction of sp³-hybridized carbons (Fsp3) is 0.467. The second kappa shape index (κ2) is 7.47. The van der Waals surface area contributed by atoms with E-state index >= 15 is 0 Å². The van der Waals surface area contributed by atoms with Crippen molar-refractivity contribution in [1.82, 2.24) is 0 Å². The number of hydrogen-bond donors (Lipinski definition) is 0. The molecule has 2 heterocycles. The topological polar surface area (TPSA) is 36.9 Å². The van der Waals surface area contributed by atoms with Gasteiger partial charge in [-0.15, -0.1) is 24.5 Å². The Labute approximate surface area is 123 Å². The standard InChI is InChI=1S/C15H20O4S/c1-3-5-16-9-15(10-17-6-4-2)11-18-13-7-20-8-14(13)19-12-15/h3-4,7-8H,1-2,5-6,9-12H2.